The number of aryl methyl sites for hydroxylation is 1. The zero-order valence-corrected chi connectivity index (χ0v) is 14.0. The summed E-state index contributed by atoms with van der Waals surface area (Å²) >= 11 is 6.10. The molecule has 0 saturated carbocycles. The molecule has 0 atom stereocenters. The quantitative estimate of drug-likeness (QED) is 0.511. The highest BCUT2D eigenvalue weighted by atomic mass is 35.5. The summed E-state index contributed by atoms with van der Waals surface area (Å²) < 4.78 is 1.64. The fraction of sp³-hybridized carbons (Fsp3) is 0.133. The molecule has 0 unspecified atom stereocenters. The molecule has 10 heteroatoms. The Balaban J connectivity index is 1.62. The summed E-state index contributed by atoms with van der Waals surface area (Å²) in [6.07, 6.45) is 3.48. The summed E-state index contributed by atoms with van der Waals surface area (Å²) in [6.45, 7) is 0.377. The van der Waals surface area contributed by atoms with Gasteiger partial charge < -0.3 is 11.1 Å². The smallest absolute Gasteiger partial charge is 0.228 e. The first-order valence-corrected chi connectivity index (χ1v) is 7.83. The van der Waals surface area contributed by atoms with Crippen LogP contribution in [0, 0.1) is 0 Å². The van der Waals surface area contributed by atoms with Gasteiger partial charge in [0, 0.05) is 24.2 Å². The van der Waals surface area contributed by atoms with Gasteiger partial charge in [-0.05, 0) is 6.07 Å². The van der Waals surface area contributed by atoms with E-state index in [1.165, 1.54) is 0 Å². The van der Waals surface area contributed by atoms with Crippen molar-refractivity contribution in [1.29, 1.82) is 0 Å². The Kier molecular flexibility index (Phi) is 3.69. The first-order chi connectivity index (χ1) is 12.1. The molecule has 0 aliphatic carbocycles. The van der Waals surface area contributed by atoms with Crippen LogP contribution in [0.15, 0.2) is 30.6 Å². The normalized spacial score (nSPS) is 11.1. The molecule has 0 radical (unpaired) electrons. The lowest BCUT2D eigenvalue weighted by molar-refractivity contribution is 0.746. The van der Waals surface area contributed by atoms with E-state index in [9.17, 15) is 0 Å². The Morgan fingerprint density at radius 2 is 2.16 bits per heavy atom. The Labute approximate surface area is 147 Å². The van der Waals surface area contributed by atoms with E-state index in [1.807, 2.05) is 18.2 Å². The average Bonchev–Trinajstić information content (AvgIpc) is 3.17. The SMILES string of the molecule is Cn1cc(Cl)c(CNc2nc(N)nc(-c3ccc4cn[nH]c4c3)n2)n1. The second-order valence-corrected chi connectivity index (χ2v) is 5.87. The number of nitrogens with one attached hydrogen (secondary N) is 2. The maximum absolute atomic E-state index is 6.10. The number of aromatic nitrogens is 7. The molecule has 3 heterocycles. The van der Waals surface area contributed by atoms with Crippen LogP contribution in [-0.2, 0) is 13.6 Å². The van der Waals surface area contributed by atoms with E-state index in [0.717, 1.165) is 16.5 Å². The Morgan fingerprint density at radius 1 is 1.28 bits per heavy atom. The predicted octanol–water partition coefficient (Wildman–Crippen LogP) is 2.00. The van der Waals surface area contributed by atoms with Crippen molar-refractivity contribution in [3.05, 3.63) is 41.3 Å². The molecule has 3 aromatic heterocycles. The van der Waals surface area contributed by atoms with Gasteiger partial charge in [-0.25, -0.2) is 0 Å². The number of halogens is 1. The van der Waals surface area contributed by atoms with Crippen molar-refractivity contribution in [2.45, 2.75) is 6.54 Å². The minimum Gasteiger partial charge on any atom is -0.368 e. The molecule has 9 nitrogen and oxygen atoms in total. The van der Waals surface area contributed by atoms with Gasteiger partial charge in [-0.1, -0.05) is 23.7 Å². The van der Waals surface area contributed by atoms with E-state index in [0.29, 0.717) is 29.0 Å². The molecule has 0 saturated heterocycles. The molecule has 126 valence electrons. The van der Waals surface area contributed by atoms with Gasteiger partial charge in [0.25, 0.3) is 0 Å². The van der Waals surface area contributed by atoms with Gasteiger partial charge in [0.05, 0.1) is 23.3 Å². The molecular formula is C15H14ClN9. The first-order valence-electron chi connectivity index (χ1n) is 7.45. The fourth-order valence-corrected chi connectivity index (χ4v) is 2.71. The third-order valence-electron chi connectivity index (χ3n) is 3.62. The molecular weight excluding hydrogens is 342 g/mol. The number of nitrogens with zero attached hydrogens (tertiary/aromatic N) is 6. The Hall–Kier alpha value is -3.20. The summed E-state index contributed by atoms with van der Waals surface area (Å²) in [5.74, 6) is 0.955. The number of aromatic amines is 1. The van der Waals surface area contributed by atoms with E-state index in [2.05, 4.69) is 35.6 Å². The lowest BCUT2D eigenvalue weighted by Crippen LogP contribution is -2.09. The number of H-pyrrole nitrogens is 1. The van der Waals surface area contributed by atoms with Crippen LogP contribution in [0.2, 0.25) is 5.02 Å². The molecule has 0 aliphatic rings. The van der Waals surface area contributed by atoms with Crippen LogP contribution in [0.25, 0.3) is 22.3 Å². The number of nitrogens with two attached hydrogens (primary N) is 1. The van der Waals surface area contributed by atoms with Gasteiger partial charge in [-0.2, -0.15) is 25.1 Å². The molecule has 0 spiro atoms. The molecule has 25 heavy (non-hydrogen) atoms. The number of hydrogen-bond donors (Lipinski definition) is 3. The first kappa shape index (κ1) is 15.3. The minimum absolute atomic E-state index is 0.129. The molecule has 0 fully saturated rings. The zero-order valence-electron chi connectivity index (χ0n) is 13.2. The van der Waals surface area contributed by atoms with Crippen molar-refractivity contribution in [2.75, 3.05) is 11.1 Å². The van der Waals surface area contributed by atoms with Crippen LogP contribution in [0.3, 0.4) is 0 Å². The van der Waals surface area contributed by atoms with Crippen molar-refractivity contribution in [2.24, 2.45) is 7.05 Å². The lowest BCUT2D eigenvalue weighted by Gasteiger charge is -2.07. The monoisotopic (exact) mass is 355 g/mol. The molecule has 0 aliphatic heterocycles. The van der Waals surface area contributed by atoms with Crippen LogP contribution >= 0.6 is 11.6 Å². The third-order valence-corrected chi connectivity index (χ3v) is 3.94. The van der Waals surface area contributed by atoms with E-state index in [1.54, 1.807) is 24.1 Å². The van der Waals surface area contributed by atoms with Crippen LogP contribution in [0.4, 0.5) is 11.9 Å². The number of fused-ring (bicyclic) bond motifs is 1. The van der Waals surface area contributed by atoms with Gasteiger partial charge in [-0.3, -0.25) is 9.78 Å². The third kappa shape index (κ3) is 3.09. The van der Waals surface area contributed by atoms with E-state index >= 15 is 0 Å². The van der Waals surface area contributed by atoms with E-state index in [4.69, 9.17) is 17.3 Å². The summed E-state index contributed by atoms with van der Waals surface area (Å²) in [7, 11) is 1.81. The minimum atomic E-state index is 0.129. The van der Waals surface area contributed by atoms with Crippen LogP contribution in [0.5, 0.6) is 0 Å². The highest BCUT2D eigenvalue weighted by Crippen LogP contribution is 2.22. The second kappa shape index (κ2) is 6.02. The van der Waals surface area contributed by atoms with Crippen LogP contribution in [0.1, 0.15) is 5.69 Å². The molecule has 0 amide bonds. The largest absolute Gasteiger partial charge is 0.368 e. The summed E-state index contributed by atoms with van der Waals surface area (Å²) in [5.41, 5.74) is 8.23. The average molecular weight is 356 g/mol. The molecule has 1 aromatic carbocycles. The Morgan fingerprint density at radius 3 is 2.96 bits per heavy atom. The number of nitrogen functional groups attached to an aromatic ring is 1. The standard InChI is InChI=1S/C15H14ClN9/c1-25-7-10(16)12(24-25)6-18-15-21-13(20-14(17)22-15)8-2-3-9-5-19-23-11(9)4-8/h2-5,7H,6H2,1H3,(H,19,23)(H3,17,18,20,21,22). The molecule has 4 rings (SSSR count). The molecule has 4 N–H and O–H groups in total. The number of benzene rings is 1. The van der Waals surface area contributed by atoms with Gasteiger partial charge in [0.1, 0.15) is 5.69 Å². The summed E-state index contributed by atoms with van der Waals surface area (Å²) in [5, 5.41) is 15.8. The summed E-state index contributed by atoms with van der Waals surface area (Å²) in [6, 6.07) is 5.76. The van der Waals surface area contributed by atoms with Crippen molar-refractivity contribution in [3.63, 3.8) is 0 Å². The van der Waals surface area contributed by atoms with Crippen molar-refractivity contribution in [1.82, 2.24) is 34.9 Å². The number of rotatable bonds is 4. The van der Waals surface area contributed by atoms with E-state index in [-0.39, 0.29) is 5.95 Å². The Bertz CT molecular complexity index is 1050. The van der Waals surface area contributed by atoms with Gasteiger partial charge in [0.2, 0.25) is 11.9 Å². The fourth-order valence-electron chi connectivity index (χ4n) is 2.46. The van der Waals surface area contributed by atoms with Gasteiger partial charge in [-0.15, -0.1) is 0 Å². The van der Waals surface area contributed by atoms with Crippen molar-refractivity contribution in [3.8, 4) is 11.4 Å². The maximum atomic E-state index is 6.10. The summed E-state index contributed by atoms with van der Waals surface area (Å²) in [4.78, 5) is 12.7. The van der Waals surface area contributed by atoms with Crippen molar-refractivity contribution >= 4 is 34.4 Å². The van der Waals surface area contributed by atoms with Crippen LogP contribution < -0.4 is 11.1 Å². The zero-order chi connectivity index (χ0) is 17.4. The molecule has 4 aromatic rings. The second-order valence-electron chi connectivity index (χ2n) is 5.46. The van der Waals surface area contributed by atoms with Crippen LogP contribution in [-0.4, -0.2) is 34.9 Å². The van der Waals surface area contributed by atoms with Gasteiger partial charge >= 0.3 is 0 Å². The maximum Gasteiger partial charge on any atom is 0.228 e. The van der Waals surface area contributed by atoms with Gasteiger partial charge in [0.15, 0.2) is 5.82 Å². The van der Waals surface area contributed by atoms with E-state index < -0.39 is 0 Å². The number of anilines is 2. The predicted molar refractivity (Wildman–Crippen MR) is 94.9 cm³/mol. The van der Waals surface area contributed by atoms with Crippen molar-refractivity contribution < 1.29 is 0 Å². The lowest BCUT2D eigenvalue weighted by atomic mass is 10.1. The topological polar surface area (TPSA) is 123 Å². The highest BCUT2D eigenvalue weighted by molar-refractivity contribution is 6.31. The number of hydrogen-bond acceptors (Lipinski definition) is 7. The molecule has 0 bridgehead atoms. The highest BCUT2D eigenvalue weighted by Gasteiger charge is 2.10.